The lowest BCUT2D eigenvalue weighted by atomic mass is 9.82. The minimum atomic E-state index is -1.41. The van der Waals surface area contributed by atoms with Gasteiger partial charge in [0.1, 0.15) is 5.60 Å². The summed E-state index contributed by atoms with van der Waals surface area (Å²) in [6.07, 6.45) is 0.677. The highest BCUT2D eigenvalue weighted by Crippen LogP contribution is 2.29. The van der Waals surface area contributed by atoms with Crippen molar-refractivity contribution < 1.29 is 9.90 Å². The molecule has 0 aliphatic carbocycles. The Hall–Kier alpha value is -2.71. The van der Waals surface area contributed by atoms with Crippen molar-refractivity contribution in [3.05, 3.63) is 96.1 Å². The van der Waals surface area contributed by atoms with E-state index in [1.54, 1.807) is 6.07 Å². The largest absolute Gasteiger partial charge is 0.381 e. The SMILES string of the molecule is CCC(O)(Cc1ccccc1)C(=O)c1ccccc1-c1ccccc1. The van der Waals surface area contributed by atoms with E-state index < -0.39 is 5.60 Å². The van der Waals surface area contributed by atoms with Crippen LogP contribution in [0, 0.1) is 0 Å². The predicted molar refractivity (Wildman–Crippen MR) is 102 cm³/mol. The zero-order chi connectivity index (χ0) is 17.7. The van der Waals surface area contributed by atoms with Gasteiger partial charge in [0.25, 0.3) is 0 Å². The second-order valence-corrected chi connectivity index (χ2v) is 6.29. The highest BCUT2D eigenvalue weighted by molar-refractivity contribution is 6.07. The van der Waals surface area contributed by atoms with Crippen LogP contribution in [0.1, 0.15) is 29.3 Å². The molecular formula is C23H22O2. The number of carbonyl (C=O) groups is 1. The molecule has 0 aromatic heterocycles. The summed E-state index contributed by atoms with van der Waals surface area (Å²) in [5.41, 5.74) is 1.94. The molecule has 0 fully saturated rings. The Morgan fingerprint density at radius 3 is 2.04 bits per heavy atom. The fourth-order valence-electron chi connectivity index (χ4n) is 3.10. The van der Waals surface area contributed by atoms with Crippen molar-refractivity contribution in [3.8, 4) is 11.1 Å². The Morgan fingerprint density at radius 1 is 0.840 bits per heavy atom. The van der Waals surface area contributed by atoms with Crippen LogP contribution in [0.25, 0.3) is 11.1 Å². The van der Waals surface area contributed by atoms with Crippen molar-refractivity contribution >= 4 is 5.78 Å². The monoisotopic (exact) mass is 330 g/mol. The van der Waals surface area contributed by atoms with E-state index >= 15 is 0 Å². The second kappa shape index (κ2) is 7.45. The van der Waals surface area contributed by atoms with Crippen LogP contribution in [0.5, 0.6) is 0 Å². The lowest BCUT2D eigenvalue weighted by Crippen LogP contribution is -2.40. The first-order chi connectivity index (χ1) is 12.1. The number of Topliss-reactive ketones (excluding diaryl/α,β-unsaturated/α-hetero) is 1. The van der Waals surface area contributed by atoms with Gasteiger partial charge < -0.3 is 5.11 Å². The third-order valence-electron chi connectivity index (χ3n) is 4.60. The van der Waals surface area contributed by atoms with Crippen LogP contribution in [0.15, 0.2) is 84.9 Å². The first-order valence-corrected chi connectivity index (χ1v) is 8.59. The first kappa shape index (κ1) is 17.1. The third kappa shape index (κ3) is 3.70. The molecule has 2 heteroatoms. The lowest BCUT2D eigenvalue weighted by Gasteiger charge is -2.26. The molecule has 0 radical (unpaired) electrons. The fourth-order valence-corrected chi connectivity index (χ4v) is 3.10. The van der Waals surface area contributed by atoms with Crippen molar-refractivity contribution in [3.63, 3.8) is 0 Å². The molecule has 0 bridgehead atoms. The van der Waals surface area contributed by atoms with Crippen LogP contribution < -0.4 is 0 Å². The maximum Gasteiger partial charge on any atom is 0.195 e. The van der Waals surface area contributed by atoms with E-state index in [0.717, 1.165) is 16.7 Å². The summed E-state index contributed by atoms with van der Waals surface area (Å²) in [6, 6.07) is 27.0. The van der Waals surface area contributed by atoms with Crippen LogP contribution in [0.4, 0.5) is 0 Å². The molecule has 1 atom stereocenters. The van der Waals surface area contributed by atoms with Gasteiger partial charge in [0, 0.05) is 12.0 Å². The Labute approximate surface area is 148 Å². The van der Waals surface area contributed by atoms with Gasteiger partial charge in [0.2, 0.25) is 0 Å². The minimum absolute atomic E-state index is 0.224. The van der Waals surface area contributed by atoms with Gasteiger partial charge in [-0.2, -0.15) is 0 Å². The lowest BCUT2D eigenvalue weighted by molar-refractivity contribution is 0.0299. The predicted octanol–water partition coefficient (Wildman–Crippen LogP) is 4.92. The number of hydrogen-bond donors (Lipinski definition) is 1. The van der Waals surface area contributed by atoms with E-state index in [1.165, 1.54) is 0 Å². The molecule has 3 aromatic rings. The highest BCUT2D eigenvalue weighted by Gasteiger charge is 2.35. The molecule has 0 saturated heterocycles. The summed E-state index contributed by atoms with van der Waals surface area (Å²) in [5, 5.41) is 11.1. The molecule has 1 N–H and O–H groups in total. The van der Waals surface area contributed by atoms with E-state index in [0.29, 0.717) is 18.4 Å². The van der Waals surface area contributed by atoms with Crippen molar-refractivity contribution in [2.45, 2.75) is 25.4 Å². The van der Waals surface area contributed by atoms with Crippen LogP contribution in [0.3, 0.4) is 0 Å². The standard InChI is InChI=1S/C23H22O2/c1-2-23(25,17-18-11-5-3-6-12-18)22(24)21-16-10-9-15-20(21)19-13-7-4-8-14-19/h3-16,25H,2,17H2,1H3. The Bertz CT molecular complexity index is 840. The van der Waals surface area contributed by atoms with Crippen molar-refractivity contribution in [2.24, 2.45) is 0 Å². The van der Waals surface area contributed by atoms with E-state index in [2.05, 4.69) is 0 Å². The van der Waals surface area contributed by atoms with Gasteiger partial charge in [0.05, 0.1) is 0 Å². The summed E-state index contributed by atoms with van der Waals surface area (Å²) in [7, 11) is 0. The van der Waals surface area contributed by atoms with E-state index in [-0.39, 0.29) is 5.78 Å². The number of ketones is 1. The van der Waals surface area contributed by atoms with Crippen LogP contribution in [0.2, 0.25) is 0 Å². The van der Waals surface area contributed by atoms with Crippen molar-refractivity contribution in [1.29, 1.82) is 0 Å². The molecule has 0 saturated carbocycles. The van der Waals surface area contributed by atoms with Gasteiger partial charge >= 0.3 is 0 Å². The molecule has 126 valence electrons. The quantitative estimate of drug-likeness (QED) is 0.651. The Morgan fingerprint density at radius 2 is 1.40 bits per heavy atom. The van der Waals surface area contributed by atoms with Gasteiger partial charge in [-0.1, -0.05) is 91.9 Å². The smallest absolute Gasteiger partial charge is 0.195 e. The summed E-state index contributed by atoms with van der Waals surface area (Å²) in [4.78, 5) is 13.2. The summed E-state index contributed by atoms with van der Waals surface area (Å²) in [5.74, 6) is -0.224. The number of hydrogen-bond acceptors (Lipinski definition) is 2. The van der Waals surface area contributed by atoms with Crippen LogP contribution in [-0.4, -0.2) is 16.5 Å². The molecule has 3 aromatic carbocycles. The van der Waals surface area contributed by atoms with E-state index in [1.807, 2.05) is 85.8 Å². The molecule has 2 nitrogen and oxygen atoms in total. The van der Waals surface area contributed by atoms with E-state index in [9.17, 15) is 9.90 Å². The molecule has 0 heterocycles. The van der Waals surface area contributed by atoms with Crippen LogP contribution >= 0.6 is 0 Å². The highest BCUT2D eigenvalue weighted by atomic mass is 16.3. The van der Waals surface area contributed by atoms with E-state index in [4.69, 9.17) is 0 Å². The van der Waals surface area contributed by atoms with Gasteiger partial charge in [0.15, 0.2) is 5.78 Å². The molecule has 25 heavy (non-hydrogen) atoms. The molecule has 3 rings (SSSR count). The normalized spacial score (nSPS) is 13.2. The van der Waals surface area contributed by atoms with Gasteiger partial charge in [-0.15, -0.1) is 0 Å². The Balaban J connectivity index is 1.99. The summed E-state index contributed by atoms with van der Waals surface area (Å²) in [6.45, 7) is 1.85. The Kier molecular flexibility index (Phi) is 5.11. The van der Waals surface area contributed by atoms with Gasteiger partial charge in [-0.05, 0) is 23.1 Å². The molecule has 0 aliphatic heterocycles. The maximum absolute atomic E-state index is 13.2. The summed E-state index contributed by atoms with van der Waals surface area (Å²) < 4.78 is 0. The number of rotatable bonds is 6. The fraction of sp³-hybridized carbons (Fsp3) is 0.174. The number of carbonyl (C=O) groups excluding carboxylic acids is 1. The van der Waals surface area contributed by atoms with Crippen molar-refractivity contribution in [2.75, 3.05) is 0 Å². The van der Waals surface area contributed by atoms with Gasteiger partial charge in [-0.25, -0.2) is 0 Å². The van der Waals surface area contributed by atoms with Gasteiger partial charge in [-0.3, -0.25) is 4.79 Å². The number of aliphatic hydroxyl groups is 1. The maximum atomic E-state index is 13.2. The van der Waals surface area contributed by atoms with Crippen LogP contribution in [-0.2, 0) is 6.42 Å². The second-order valence-electron chi connectivity index (χ2n) is 6.29. The molecule has 1 unspecified atom stereocenters. The third-order valence-corrected chi connectivity index (χ3v) is 4.60. The molecular weight excluding hydrogens is 308 g/mol. The van der Waals surface area contributed by atoms with Crippen molar-refractivity contribution in [1.82, 2.24) is 0 Å². The minimum Gasteiger partial charge on any atom is -0.381 e. The summed E-state index contributed by atoms with van der Waals surface area (Å²) >= 11 is 0. The average molecular weight is 330 g/mol. The zero-order valence-electron chi connectivity index (χ0n) is 14.4. The zero-order valence-corrected chi connectivity index (χ0v) is 14.4. The molecule has 0 amide bonds. The average Bonchev–Trinajstić information content (AvgIpc) is 2.69. The molecule has 0 spiro atoms. The number of benzene rings is 3. The first-order valence-electron chi connectivity index (χ1n) is 8.59. The molecule has 0 aliphatic rings. The topological polar surface area (TPSA) is 37.3 Å².